The molecule has 0 N–H and O–H groups in total. The number of aromatic nitrogens is 3. The molecule has 7 rings (SSSR count). The van der Waals surface area contributed by atoms with E-state index in [1.807, 2.05) is 48.7 Å². The SMILES string of the molecule is CC(C)(C)Cc1cc(-c2[c-]cccc2)ncc1[Si](C)(C)C.[Ir].[c-]1ccc2c(oc3ncccc32)c1-c1cc(CC2CCCC2)ccn1. The Labute approximate surface area is 294 Å². The molecule has 0 amide bonds. The van der Waals surface area contributed by atoms with Crippen LogP contribution in [0.4, 0.5) is 0 Å². The average molecular weight is 816 g/mol. The standard InChI is InChI=1S/C22H19N2O.C19H26NSi.Ir/c1-2-6-15(5-1)13-16-10-12-23-20(14-16)19-8-3-7-17-18-9-4-11-24-22(18)25-21(17)19;1-19(2,3)13-16-12-17(15-10-8-7-9-11-15)20-14-18(16)21(4,5)6;/h3-4,7,9-12,14-15H,1-2,5-6,13H2;7-10,12,14H,13H2,1-6H3;/q2*-1;. The van der Waals surface area contributed by atoms with E-state index in [2.05, 4.69) is 93.0 Å². The molecule has 6 aromatic rings. The van der Waals surface area contributed by atoms with Crippen LogP contribution in [-0.4, -0.2) is 23.0 Å². The molecule has 245 valence electrons. The summed E-state index contributed by atoms with van der Waals surface area (Å²) in [5.74, 6) is 0.824. The first kappa shape index (κ1) is 34.9. The molecule has 0 unspecified atom stereocenters. The minimum atomic E-state index is -1.37. The predicted octanol–water partition coefficient (Wildman–Crippen LogP) is 10.3. The van der Waals surface area contributed by atoms with Crippen LogP contribution in [0.3, 0.4) is 0 Å². The van der Waals surface area contributed by atoms with Crippen LogP contribution in [0, 0.1) is 23.5 Å². The van der Waals surface area contributed by atoms with E-state index < -0.39 is 8.07 Å². The quantitative estimate of drug-likeness (QED) is 0.124. The molecular weight excluding hydrogens is 771 g/mol. The van der Waals surface area contributed by atoms with Crippen LogP contribution in [0.5, 0.6) is 0 Å². The Morgan fingerprint density at radius 3 is 2.36 bits per heavy atom. The Bertz CT molecular complexity index is 1930. The van der Waals surface area contributed by atoms with Gasteiger partial charge in [-0.3, -0.25) is 0 Å². The van der Waals surface area contributed by atoms with Gasteiger partial charge in [0.1, 0.15) is 0 Å². The first-order valence-corrected chi connectivity index (χ1v) is 20.1. The molecule has 6 heteroatoms. The third-order valence-corrected chi connectivity index (χ3v) is 10.9. The first-order chi connectivity index (χ1) is 22.0. The molecule has 1 saturated carbocycles. The van der Waals surface area contributed by atoms with E-state index in [1.54, 1.807) is 6.20 Å². The number of furan rings is 1. The summed E-state index contributed by atoms with van der Waals surface area (Å²) in [4.78, 5) is 13.6. The molecule has 1 radical (unpaired) electrons. The molecule has 0 aliphatic heterocycles. The topological polar surface area (TPSA) is 51.8 Å². The molecule has 0 saturated heterocycles. The largest absolute Gasteiger partial charge is 0.486 e. The fraction of sp³-hybridized carbons (Fsp3) is 0.341. The van der Waals surface area contributed by atoms with Crippen molar-refractivity contribution in [2.45, 2.75) is 78.9 Å². The number of nitrogens with zero attached hydrogens (tertiary/aromatic N) is 3. The van der Waals surface area contributed by atoms with Gasteiger partial charge in [-0.2, -0.15) is 0 Å². The number of fused-ring (bicyclic) bond motifs is 3. The summed E-state index contributed by atoms with van der Waals surface area (Å²) in [6.07, 6.45) is 13.5. The molecule has 0 atom stereocenters. The number of rotatable bonds is 6. The minimum absolute atomic E-state index is 0. The maximum absolute atomic E-state index is 6.03. The molecule has 1 fully saturated rings. The van der Waals surface area contributed by atoms with Gasteiger partial charge in [-0.05, 0) is 58.9 Å². The fourth-order valence-electron chi connectivity index (χ4n) is 6.64. The molecule has 4 heterocycles. The number of hydrogen-bond acceptors (Lipinski definition) is 4. The number of benzene rings is 2. The van der Waals surface area contributed by atoms with Crippen LogP contribution in [-0.2, 0) is 32.9 Å². The van der Waals surface area contributed by atoms with Crippen molar-refractivity contribution in [3.05, 3.63) is 109 Å². The maximum atomic E-state index is 6.03. The predicted molar refractivity (Wildman–Crippen MR) is 194 cm³/mol. The maximum Gasteiger partial charge on any atom is 0.216 e. The van der Waals surface area contributed by atoms with E-state index in [1.165, 1.54) is 42.0 Å². The van der Waals surface area contributed by atoms with Gasteiger partial charge in [0.05, 0.1) is 13.7 Å². The summed E-state index contributed by atoms with van der Waals surface area (Å²) in [6.45, 7) is 14.1. The van der Waals surface area contributed by atoms with Crippen molar-refractivity contribution >= 4 is 35.3 Å². The van der Waals surface area contributed by atoms with Crippen molar-refractivity contribution in [2.75, 3.05) is 0 Å². The summed E-state index contributed by atoms with van der Waals surface area (Å²) in [6, 6.07) is 29.3. The Morgan fingerprint density at radius 1 is 0.830 bits per heavy atom. The normalized spacial score (nSPS) is 13.7. The average Bonchev–Trinajstić information content (AvgIpc) is 3.68. The summed E-state index contributed by atoms with van der Waals surface area (Å²) in [5, 5.41) is 3.59. The van der Waals surface area contributed by atoms with Gasteiger partial charge < -0.3 is 14.4 Å². The molecule has 1 aliphatic rings. The monoisotopic (exact) mass is 816 g/mol. The summed E-state index contributed by atoms with van der Waals surface area (Å²) in [7, 11) is -1.37. The van der Waals surface area contributed by atoms with Crippen molar-refractivity contribution in [1.29, 1.82) is 0 Å². The van der Waals surface area contributed by atoms with Gasteiger partial charge in [0, 0.05) is 44.1 Å². The second kappa shape index (κ2) is 14.8. The molecule has 4 aromatic heterocycles. The Balaban J connectivity index is 0.000000184. The zero-order chi connectivity index (χ0) is 32.3. The third kappa shape index (κ3) is 8.54. The molecule has 0 bridgehead atoms. The van der Waals surface area contributed by atoms with Crippen LogP contribution >= 0.6 is 0 Å². The van der Waals surface area contributed by atoms with Gasteiger partial charge >= 0.3 is 0 Å². The smallest absolute Gasteiger partial charge is 0.216 e. The Hall–Kier alpha value is -3.44. The summed E-state index contributed by atoms with van der Waals surface area (Å²) < 4.78 is 6.03. The Kier molecular flexibility index (Phi) is 11.0. The van der Waals surface area contributed by atoms with Crippen LogP contribution in [0.15, 0.2) is 89.7 Å². The summed E-state index contributed by atoms with van der Waals surface area (Å²) >= 11 is 0. The second-order valence-corrected chi connectivity index (χ2v) is 20.0. The Morgan fingerprint density at radius 2 is 1.64 bits per heavy atom. The van der Waals surface area contributed by atoms with Crippen molar-refractivity contribution < 1.29 is 24.5 Å². The molecule has 0 spiro atoms. The zero-order valence-corrected chi connectivity index (χ0v) is 31.9. The summed E-state index contributed by atoms with van der Waals surface area (Å²) in [5.41, 5.74) is 8.56. The third-order valence-electron chi connectivity index (χ3n) is 8.79. The van der Waals surface area contributed by atoms with E-state index in [0.29, 0.717) is 5.71 Å². The van der Waals surface area contributed by atoms with Crippen LogP contribution in [0.1, 0.15) is 57.6 Å². The van der Waals surface area contributed by atoms with Crippen molar-refractivity contribution in [3.63, 3.8) is 0 Å². The van der Waals surface area contributed by atoms with Crippen LogP contribution in [0.25, 0.3) is 44.6 Å². The minimum Gasteiger partial charge on any atom is -0.486 e. The molecule has 47 heavy (non-hydrogen) atoms. The van der Waals surface area contributed by atoms with Crippen molar-refractivity contribution in [1.82, 2.24) is 15.0 Å². The van der Waals surface area contributed by atoms with E-state index in [4.69, 9.17) is 9.40 Å². The van der Waals surface area contributed by atoms with Gasteiger partial charge in [0.25, 0.3) is 0 Å². The first-order valence-electron chi connectivity index (χ1n) is 16.6. The van der Waals surface area contributed by atoms with Gasteiger partial charge in [0.15, 0.2) is 0 Å². The fourth-order valence-corrected chi connectivity index (χ4v) is 8.22. The van der Waals surface area contributed by atoms with Crippen LogP contribution < -0.4 is 5.19 Å². The molecule has 4 nitrogen and oxygen atoms in total. The van der Waals surface area contributed by atoms with Crippen molar-refractivity contribution in [2.24, 2.45) is 11.3 Å². The van der Waals surface area contributed by atoms with Gasteiger partial charge in [0.2, 0.25) is 5.71 Å². The van der Waals surface area contributed by atoms with E-state index in [0.717, 1.165) is 57.6 Å². The van der Waals surface area contributed by atoms with Crippen molar-refractivity contribution in [3.8, 4) is 22.5 Å². The van der Waals surface area contributed by atoms with Crippen LogP contribution in [0.2, 0.25) is 19.6 Å². The number of pyridine rings is 3. The van der Waals surface area contributed by atoms with E-state index in [-0.39, 0.29) is 25.5 Å². The van der Waals surface area contributed by atoms with Gasteiger partial charge in [-0.15, -0.1) is 54.1 Å². The second-order valence-electron chi connectivity index (χ2n) is 14.9. The number of hydrogen-bond donors (Lipinski definition) is 0. The van der Waals surface area contributed by atoms with E-state index in [9.17, 15) is 0 Å². The molecule has 1 aliphatic carbocycles. The molecular formula is C41H45IrN3OSi-2. The van der Waals surface area contributed by atoms with Gasteiger partial charge in [-0.25, -0.2) is 4.98 Å². The van der Waals surface area contributed by atoms with Gasteiger partial charge in [-0.1, -0.05) is 100 Å². The molecule has 2 aromatic carbocycles. The zero-order valence-electron chi connectivity index (χ0n) is 28.5. The van der Waals surface area contributed by atoms with E-state index >= 15 is 0 Å².